The molecule has 1 aliphatic heterocycles. The Morgan fingerprint density at radius 2 is 2.25 bits per heavy atom. The first-order chi connectivity index (χ1) is 9.70. The molecule has 0 saturated carbocycles. The molecular formula is C16H25N3S. The molecular weight excluding hydrogens is 266 g/mol. The van der Waals surface area contributed by atoms with Crippen LogP contribution in [-0.4, -0.2) is 56.1 Å². The molecule has 0 aromatic carbocycles. The molecule has 1 atom stereocenters. The van der Waals surface area contributed by atoms with Crippen LogP contribution in [0.5, 0.6) is 0 Å². The van der Waals surface area contributed by atoms with Crippen LogP contribution >= 0.6 is 11.3 Å². The first kappa shape index (κ1) is 15.5. The normalized spacial score (nSPS) is 19.1. The number of terminal acetylenes is 1. The van der Waals surface area contributed by atoms with Crippen molar-refractivity contribution in [2.45, 2.75) is 24.9 Å². The average molecular weight is 291 g/mol. The van der Waals surface area contributed by atoms with E-state index in [2.05, 4.69) is 52.6 Å². The van der Waals surface area contributed by atoms with Gasteiger partial charge >= 0.3 is 0 Å². The third kappa shape index (κ3) is 4.32. The fraction of sp³-hybridized carbons (Fsp3) is 0.625. The van der Waals surface area contributed by atoms with Gasteiger partial charge in [0, 0.05) is 30.6 Å². The number of hydrogen-bond acceptors (Lipinski definition) is 4. The highest BCUT2D eigenvalue weighted by atomic mass is 32.1. The first-order valence-corrected chi connectivity index (χ1v) is 8.17. The van der Waals surface area contributed by atoms with E-state index in [9.17, 15) is 0 Å². The van der Waals surface area contributed by atoms with Crippen LogP contribution in [0, 0.1) is 12.3 Å². The van der Waals surface area contributed by atoms with E-state index < -0.39 is 0 Å². The standard InChI is InChI=1S/C16H25N3S/c1-4-9-19-10-7-14(8-11-19)17-13-15(18(2)3)16-6-5-12-20-16/h1,5-6,12,14-15,17H,7-11,13H2,2-3H3. The van der Waals surface area contributed by atoms with E-state index in [0.29, 0.717) is 12.1 Å². The zero-order chi connectivity index (χ0) is 14.4. The number of likely N-dealkylation sites (N-methyl/N-ethyl adjacent to an activating group) is 1. The molecule has 0 spiro atoms. The van der Waals surface area contributed by atoms with Crippen molar-refractivity contribution in [2.24, 2.45) is 0 Å². The first-order valence-electron chi connectivity index (χ1n) is 7.29. The van der Waals surface area contributed by atoms with Gasteiger partial charge in [0.2, 0.25) is 0 Å². The maximum absolute atomic E-state index is 5.37. The molecule has 1 unspecified atom stereocenters. The Hall–Kier alpha value is -0.860. The molecule has 2 rings (SSSR count). The van der Waals surface area contributed by atoms with Crippen LogP contribution in [0.4, 0.5) is 0 Å². The minimum absolute atomic E-state index is 0.471. The van der Waals surface area contributed by atoms with Gasteiger partial charge in [0.15, 0.2) is 0 Å². The zero-order valence-corrected chi connectivity index (χ0v) is 13.3. The molecule has 1 aromatic heterocycles. The van der Waals surface area contributed by atoms with Gasteiger partial charge < -0.3 is 10.2 Å². The maximum atomic E-state index is 5.37. The van der Waals surface area contributed by atoms with E-state index in [1.165, 1.54) is 17.7 Å². The van der Waals surface area contributed by atoms with Crippen molar-refractivity contribution in [3.8, 4) is 12.3 Å². The molecule has 0 radical (unpaired) electrons. The van der Waals surface area contributed by atoms with Crippen LogP contribution in [0.25, 0.3) is 0 Å². The third-order valence-electron chi connectivity index (χ3n) is 4.00. The number of rotatable bonds is 6. The summed E-state index contributed by atoms with van der Waals surface area (Å²) in [7, 11) is 4.31. The lowest BCUT2D eigenvalue weighted by molar-refractivity contribution is 0.205. The lowest BCUT2D eigenvalue weighted by Gasteiger charge is -2.33. The largest absolute Gasteiger partial charge is 0.312 e. The van der Waals surface area contributed by atoms with Crippen molar-refractivity contribution >= 4 is 11.3 Å². The van der Waals surface area contributed by atoms with Crippen LogP contribution in [0.15, 0.2) is 17.5 Å². The summed E-state index contributed by atoms with van der Waals surface area (Å²) in [5.74, 6) is 2.74. The molecule has 110 valence electrons. The van der Waals surface area contributed by atoms with Crippen molar-refractivity contribution < 1.29 is 0 Å². The Kier molecular flexibility index (Phi) is 6.06. The number of likely N-dealkylation sites (tertiary alicyclic amines) is 1. The number of thiophene rings is 1. The van der Waals surface area contributed by atoms with Gasteiger partial charge in [-0.1, -0.05) is 12.0 Å². The molecule has 4 heteroatoms. The molecule has 0 aliphatic carbocycles. The second-order valence-electron chi connectivity index (χ2n) is 5.66. The van der Waals surface area contributed by atoms with Crippen molar-refractivity contribution in [1.29, 1.82) is 0 Å². The molecule has 1 aromatic rings. The topological polar surface area (TPSA) is 18.5 Å². The summed E-state index contributed by atoms with van der Waals surface area (Å²) >= 11 is 1.84. The molecule has 0 bridgehead atoms. The summed E-state index contributed by atoms with van der Waals surface area (Å²) in [5, 5.41) is 5.90. The minimum Gasteiger partial charge on any atom is -0.312 e. The predicted molar refractivity (Wildman–Crippen MR) is 87.0 cm³/mol. The number of nitrogens with zero attached hydrogens (tertiary/aromatic N) is 2. The smallest absolute Gasteiger partial charge is 0.0598 e. The Morgan fingerprint density at radius 3 is 2.80 bits per heavy atom. The van der Waals surface area contributed by atoms with Crippen molar-refractivity contribution in [2.75, 3.05) is 40.3 Å². The summed E-state index contributed by atoms with van der Waals surface area (Å²) < 4.78 is 0. The average Bonchev–Trinajstić information content (AvgIpc) is 2.95. The summed E-state index contributed by atoms with van der Waals surface area (Å²) in [4.78, 5) is 6.10. The second kappa shape index (κ2) is 7.80. The van der Waals surface area contributed by atoms with E-state index in [4.69, 9.17) is 6.42 Å². The van der Waals surface area contributed by atoms with Crippen LogP contribution in [0.3, 0.4) is 0 Å². The second-order valence-corrected chi connectivity index (χ2v) is 6.64. The Balaban J connectivity index is 1.78. The Labute approximate surface area is 127 Å². The highest BCUT2D eigenvalue weighted by molar-refractivity contribution is 7.10. The van der Waals surface area contributed by atoms with E-state index in [0.717, 1.165) is 26.2 Å². The monoisotopic (exact) mass is 291 g/mol. The van der Waals surface area contributed by atoms with Gasteiger partial charge in [-0.15, -0.1) is 17.8 Å². The van der Waals surface area contributed by atoms with E-state index in [1.54, 1.807) is 0 Å². The number of nitrogens with one attached hydrogen (secondary N) is 1. The molecule has 1 N–H and O–H groups in total. The number of piperidine rings is 1. The van der Waals surface area contributed by atoms with Gasteiger partial charge in [-0.25, -0.2) is 0 Å². The summed E-state index contributed by atoms with van der Waals surface area (Å²) in [6, 6.07) is 5.46. The van der Waals surface area contributed by atoms with Gasteiger partial charge in [-0.05, 0) is 38.4 Å². The van der Waals surface area contributed by atoms with Gasteiger partial charge in [0.05, 0.1) is 12.6 Å². The molecule has 0 amide bonds. The Bertz CT molecular complexity index is 413. The van der Waals surface area contributed by atoms with Gasteiger partial charge in [-0.2, -0.15) is 0 Å². The van der Waals surface area contributed by atoms with Crippen LogP contribution in [0.2, 0.25) is 0 Å². The molecule has 1 saturated heterocycles. The van der Waals surface area contributed by atoms with Gasteiger partial charge in [0.25, 0.3) is 0 Å². The minimum atomic E-state index is 0.471. The lowest BCUT2D eigenvalue weighted by Crippen LogP contribution is -2.44. The zero-order valence-electron chi connectivity index (χ0n) is 12.5. The third-order valence-corrected chi connectivity index (χ3v) is 4.97. The number of hydrogen-bond donors (Lipinski definition) is 1. The molecule has 2 heterocycles. The maximum Gasteiger partial charge on any atom is 0.0598 e. The SMILES string of the molecule is C#CCN1CCC(NCC(c2cccs2)N(C)C)CC1. The van der Waals surface area contributed by atoms with E-state index >= 15 is 0 Å². The lowest BCUT2D eigenvalue weighted by atomic mass is 10.0. The van der Waals surface area contributed by atoms with Crippen molar-refractivity contribution in [3.05, 3.63) is 22.4 Å². The molecule has 1 fully saturated rings. The van der Waals surface area contributed by atoms with E-state index in [-0.39, 0.29) is 0 Å². The van der Waals surface area contributed by atoms with Crippen LogP contribution in [0.1, 0.15) is 23.8 Å². The molecule has 1 aliphatic rings. The van der Waals surface area contributed by atoms with Crippen molar-refractivity contribution in [3.63, 3.8) is 0 Å². The summed E-state index contributed by atoms with van der Waals surface area (Å²) in [6.07, 6.45) is 7.77. The van der Waals surface area contributed by atoms with Crippen molar-refractivity contribution in [1.82, 2.24) is 15.1 Å². The fourth-order valence-electron chi connectivity index (χ4n) is 2.72. The van der Waals surface area contributed by atoms with Crippen LogP contribution in [-0.2, 0) is 0 Å². The predicted octanol–water partition coefficient (Wildman–Crippen LogP) is 2.04. The summed E-state index contributed by atoms with van der Waals surface area (Å²) in [5.41, 5.74) is 0. The van der Waals surface area contributed by atoms with E-state index in [1.807, 2.05) is 11.3 Å². The molecule has 3 nitrogen and oxygen atoms in total. The van der Waals surface area contributed by atoms with Gasteiger partial charge in [0.1, 0.15) is 0 Å². The van der Waals surface area contributed by atoms with Gasteiger partial charge in [-0.3, -0.25) is 4.90 Å². The highest BCUT2D eigenvalue weighted by Crippen LogP contribution is 2.23. The highest BCUT2D eigenvalue weighted by Gasteiger charge is 2.21. The fourth-order valence-corrected chi connectivity index (χ4v) is 3.64. The Morgan fingerprint density at radius 1 is 1.50 bits per heavy atom. The summed E-state index contributed by atoms with van der Waals surface area (Å²) in [6.45, 7) is 4.05. The van der Waals surface area contributed by atoms with Crippen LogP contribution < -0.4 is 5.32 Å². The quantitative estimate of drug-likeness (QED) is 0.809. The molecule has 20 heavy (non-hydrogen) atoms.